The number of benzene rings is 2. The van der Waals surface area contributed by atoms with Gasteiger partial charge in [0.1, 0.15) is 0 Å². The summed E-state index contributed by atoms with van der Waals surface area (Å²) in [7, 11) is 0. The van der Waals surface area contributed by atoms with Gasteiger partial charge in [0.05, 0.1) is 11.5 Å². The van der Waals surface area contributed by atoms with Crippen LogP contribution in [0.5, 0.6) is 0 Å². The molecule has 7 nitrogen and oxygen atoms in total. The Labute approximate surface area is 187 Å². The summed E-state index contributed by atoms with van der Waals surface area (Å²) in [5.41, 5.74) is 4.86. The second kappa shape index (κ2) is 10.5. The van der Waals surface area contributed by atoms with Crippen molar-refractivity contribution in [2.24, 2.45) is 4.99 Å². The van der Waals surface area contributed by atoms with Crippen molar-refractivity contribution in [1.82, 2.24) is 15.6 Å². The van der Waals surface area contributed by atoms with Crippen LogP contribution in [0.1, 0.15) is 28.8 Å². The van der Waals surface area contributed by atoms with Crippen LogP contribution in [0.25, 0.3) is 0 Å². The first-order chi connectivity index (χ1) is 15.7. The van der Waals surface area contributed by atoms with E-state index in [9.17, 15) is 10.1 Å². The predicted molar refractivity (Wildman–Crippen MR) is 126 cm³/mol. The highest BCUT2D eigenvalue weighted by atomic mass is 16.6. The Morgan fingerprint density at radius 2 is 1.84 bits per heavy atom. The zero-order chi connectivity index (χ0) is 22.2. The summed E-state index contributed by atoms with van der Waals surface area (Å²) in [4.78, 5) is 19.6. The first kappa shape index (κ1) is 21.5. The molecule has 0 radical (unpaired) electrons. The van der Waals surface area contributed by atoms with E-state index in [-0.39, 0.29) is 10.6 Å². The zero-order valence-corrected chi connectivity index (χ0v) is 17.9. The minimum absolute atomic E-state index is 0.0884. The summed E-state index contributed by atoms with van der Waals surface area (Å²) >= 11 is 0. The number of non-ortho nitro benzene ring substituents is 1. The molecule has 1 aromatic heterocycles. The smallest absolute Gasteiger partial charge is 0.269 e. The molecule has 0 saturated heterocycles. The van der Waals surface area contributed by atoms with Crippen LogP contribution in [0.4, 0.5) is 5.69 Å². The SMILES string of the molecule is O=[N+]([O-])c1ccc(CN=C(NCCc2ccccn2)NC2CCc3ccccc3C2)cc1. The van der Waals surface area contributed by atoms with E-state index in [1.54, 1.807) is 18.3 Å². The lowest BCUT2D eigenvalue weighted by molar-refractivity contribution is -0.384. The number of fused-ring (bicyclic) bond motifs is 1. The minimum Gasteiger partial charge on any atom is -0.356 e. The number of hydrogen-bond donors (Lipinski definition) is 2. The van der Waals surface area contributed by atoms with Crippen LogP contribution < -0.4 is 10.6 Å². The van der Waals surface area contributed by atoms with Crippen LogP contribution in [0.2, 0.25) is 0 Å². The van der Waals surface area contributed by atoms with Crippen LogP contribution in [-0.4, -0.2) is 28.5 Å². The lowest BCUT2D eigenvalue weighted by Crippen LogP contribution is -2.46. The molecule has 0 fully saturated rings. The number of pyridine rings is 1. The van der Waals surface area contributed by atoms with E-state index < -0.39 is 0 Å². The molecule has 0 aliphatic heterocycles. The van der Waals surface area contributed by atoms with Crippen molar-refractivity contribution in [2.75, 3.05) is 6.54 Å². The molecule has 2 aromatic carbocycles. The third-order valence-corrected chi connectivity index (χ3v) is 5.65. The molecule has 0 saturated carbocycles. The highest BCUT2D eigenvalue weighted by molar-refractivity contribution is 5.80. The van der Waals surface area contributed by atoms with Crippen LogP contribution in [0, 0.1) is 10.1 Å². The molecule has 2 N–H and O–H groups in total. The van der Waals surface area contributed by atoms with Crippen molar-refractivity contribution < 1.29 is 4.92 Å². The van der Waals surface area contributed by atoms with Gasteiger partial charge in [-0.25, -0.2) is 4.99 Å². The fourth-order valence-electron chi connectivity index (χ4n) is 3.92. The number of guanidine groups is 1. The van der Waals surface area contributed by atoms with Gasteiger partial charge in [-0.15, -0.1) is 0 Å². The molecule has 1 unspecified atom stereocenters. The van der Waals surface area contributed by atoms with Crippen LogP contribution in [-0.2, 0) is 25.8 Å². The molecule has 1 heterocycles. The molecule has 7 heteroatoms. The maximum absolute atomic E-state index is 10.9. The zero-order valence-electron chi connectivity index (χ0n) is 17.9. The van der Waals surface area contributed by atoms with Crippen molar-refractivity contribution >= 4 is 11.6 Å². The van der Waals surface area contributed by atoms with Gasteiger partial charge in [-0.2, -0.15) is 0 Å². The quantitative estimate of drug-likeness (QED) is 0.258. The molecule has 1 aliphatic rings. The molecule has 0 amide bonds. The summed E-state index contributed by atoms with van der Waals surface area (Å²) in [6.45, 7) is 1.16. The summed E-state index contributed by atoms with van der Waals surface area (Å²) in [5.74, 6) is 0.753. The molecule has 3 aromatic rings. The van der Waals surface area contributed by atoms with Crippen LogP contribution in [0.3, 0.4) is 0 Å². The van der Waals surface area contributed by atoms with E-state index in [4.69, 9.17) is 4.99 Å². The maximum Gasteiger partial charge on any atom is 0.269 e. The Bertz CT molecular complexity index is 1070. The third-order valence-electron chi connectivity index (χ3n) is 5.65. The number of aromatic nitrogens is 1. The van der Waals surface area contributed by atoms with Gasteiger partial charge in [0, 0.05) is 43.0 Å². The van der Waals surface area contributed by atoms with Gasteiger partial charge in [-0.1, -0.05) is 42.5 Å². The Hall–Kier alpha value is -3.74. The van der Waals surface area contributed by atoms with E-state index in [1.807, 2.05) is 18.2 Å². The van der Waals surface area contributed by atoms with Gasteiger partial charge in [0.15, 0.2) is 5.96 Å². The second-order valence-corrected chi connectivity index (χ2v) is 7.94. The standard InChI is InChI=1S/C25H27N5O2/c31-30(32)24-12-8-19(9-13-24)18-28-25(27-16-14-22-7-3-4-15-26-22)29-23-11-10-20-5-1-2-6-21(20)17-23/h1-9,12-13,15,23H,10-11,14,16-18H2,(H2,27,28,29). The highest BCUT2D eigenvalue weighted by Gasteiger charge is 2.19. The number of nitro benzene ring substituents is 1. The number of aryl methyl sites for hydroxylation is 1. The molecule has 164 valence electrons. The van der Waals surface area contributed by atoms with Crippen LogP contribution >= 0.6 is 0 Å². The predicted octanol–water partition coefficient (Wildman–Crippen LogP) is 3.83. The fourth-order valence-corrected chi connectivity index (χ4v) is 3.92. The van der Waals surface area contributed by atoms with Gasteiger partial charge < -0.3 is 10.6 Å². The number of nitro groups is 1. The van der Waals surface area contributed by atoms with Crippen molar-refractivity contribution in [3.05, 3.63) is 105 Å². The number of nitrogens with zero attached hydrogens (tertiary/aromatic N) is 3. The topological polar surface area (TPSA) is 92.5 Å². The molecule has 4 rings (SSSR count). The Morgan fingerprint density at radius 1 is 1.06 bits per heavy atom. The number of rotatable bonds is 7. The van der Waals surface area contributed by atoms with Crippen LogP contribution in [0.15, 0.2) is 77.9 Å². The second-order valence-electron chi connectivity index (χ2n) is 7.94. The lowest BCUT2D eigenvalue weighted by atomic mass is 9.88. The maximum atomic E-state index is 10.9. The van der Waals surface area contributed by atoms with E-state index in [0.717, 1.165) is 42.9 Å². The van der Waals surface area contributed by atoms with E-state index in [0.29, 0.717) is 19.1 Å². The molecular weight excluding hydrogens is 402 g/mol. The molecule has 1 aliphatic carbocycles. The highest BCUT2D eigenvalue weighted by Crippen LogP contribution is 2.21. The van der Waals surface area contributed by atoms with Crippen molar-refractivity contribution in [1.29, 1.82) is 0 Å². The van der Waals surface area contributed by atoms with Gasteiger partial charge in [0.25, 0.3) is 5.69 Å². The normalized spacial score (nSPS) is 15.6. The molecule has 0 bridgehead atoms. The van der Waals surface area contributed by atoms with Crippen molar-refractivity contribution in [2.45, 2.75) is 38.3 Å². The number of nitrogens with one attached hydrogen (secondary N) is 2. The lowest BCUT2D eigenvalue weighted by Gasteiger charge is -2.27. The number of hydrogen-bond acceptors (Lipinski definition) is 4. The molecular formula is C25H27N5O2. The fraction of sp³-hybridized carbons (Fsp3) is 0.280. The summed E-state index contributed by atoms with van der Waals surface area (Å²) in [6.07, 6.45) is 5.67. The Kier molecular flexibility index (Phi) is 7.07. The van der Waals surface area contributed by atoms with E-state index >= 15 is 0 Å². The molecule has 32 heavy (non-hydrogen) atoms. The first-order valence-electron chi connectivity index (χ1n) is 10.9. The van der Waals surface area contributed by atoms with E-state index in [2.05, 4.69) is 39.9 Å². The average molecular weight is 430 g/mol. The summed E-state index contributed by atoms with van der Waals surface area (Å²) < 4.78 is 0. The Morgan fingerprint density at radius 3 is 2.59 bits per heavy atom. The molecule has 1 atom stereocenters. The van der Waals surface area contributed by atoms with Gasteiger partial charge >= 0.3 is 0 Å². The summed E-state index contributed by atoms with van der Waals surface area (Å²) in [6, 6.07) is 21.4. The minimum atomic E-state index is -0.389. The number of aliphatic imine (C=N–C) groups is 1. The first-order valence-corrected chi connectivity index (χ1v) is 10.9. The third kappa shape index (κ3) is 5.91. The largest absolute Gasteiger partial charge is 0.356 e. The monoisotopic (exact) mass is 429 g/mol. The summed E-state index contributed by atoms with van der Waals surface area (Å²) in [5, 5.41) is 17.9. The van der Waals surface area contributed by atoms with Gasteiger partial charge in [0.2, 0.25) is 0 Å². The van der Waals surface area contributed by atoms with Gasteiger partial charge in [-0.3, -0.25) is 15.1 Å². The van der Waals surface area contributed by atoms with Gasteiger partial charge in [-0.05, 0) is 48.1 Å². The Balaban J connectivity index is 1.42. The van der Waals surface area contributed by atoms with E-state index in [1.165, 1.54) is 23.3 Å². The average Bonchev–Trinajstić information content (AvgIpc) is 2.83. The van der Waals surface area contributed by atoms with Crippen molar-refractivity contribution in [3.8, 4) is 0 Å². The van der Waals surface area contributed by atoms with Crippen molar-refractivity contribution in [3.63, 3.8) is 0 Å². The molecule has 0 spiro atoms.